The summed E-state index contributed by atoms with van der Waals surface area (Å²) in [6.45, 7) is 6.43. The van der Waals surface area contributed by atoms with E-state index in [1.165, 1.54) is 22.4 Å². The molecule has 39 heavy (non-hydrogen) atoms. The molecular weight excluding hydrogens is 585 g/mol. The average Bonchev–Trinajstić information content (AvgIpc) is 2.85. The van der Waals surface area contributed by atoms with Crippen molar-refractivity contribution >= 4 is 62.3 Å². The van der Waals surface area contributed by atoms with Gasteiger partial charge < -0.3 is 15.0 Å². The van der Waals surface area contributed by atoms with E-state index in [1.807, 2.05) is 20.8 Å². The molecule has 0 fully saturated rings. The third-order valence-electron chi connectivity index (χ3n) is 6.00. The molecule has 216 valence electrons. The van der Waals surface area contributed by atoms with Gasteiger partial charge in [-0.15, -0.1) is 0 Å². The maximum Gasteiger partial charge on any atom is 0.242 e. The van der Waals surface area contributed by atoms with Crippen molar-refractivity contribution in [1.82, 2.24) is 10.2 Å². The van der Waals surface area contributed by atoms with Gasteiger partial charge in [0.25, 0.3) is 0 Å². The summed E-state index contributed by atoms with van der Waals surface area (Å²) < 4.78 is 31.5. The Kier molecular flexibility index (Phi) is 12.7. The first-order valence-electron chi connectivity index (χ1n) is 12.6. The van der Waals surface area contributed by atoms with E-state index < -0.39 is 16.1 Å². The third kappa shape index (κ3) is 9.74. The van der Waals surface area contributed by atoms with Crippen molar-refractivity contribution in [3.05, 3.63) is 57.0 Å². The number of anilines is 1. The number of hydrogen-bond acceptors (Lipinski definition) is 5. The van der Waals surface area contributed by atoms with Gasteiger partial charge in [-0.1, -0.05) is 61.6 Å². The largest absolute Gasteiger partial charge is 0.495 e. The Balaban J connectivity index is 2.27. The molecular formula is C27H36Cl3N3O5S. The summed E-state index contributed by atoms with van der Waals surface area (Å²) in [4.78, 5) is 28.1. The van der Waals surface area contributed by atoms with Crippen molar-refractivity contribution < 1.29 is 22.7 Å². The third-order valence-corrected chi connectivity index (χ3v) is 8.08. The van der Waals surface area contributed by atoms with Crippen molar-refractivity contribution in [2.45, 2.75) is 52.6 Å². The number of benzene rings is 2. The highest BCUT2D eigenvalue weighted by molar-refractivity contribution is 7.92. The van der Waals surface area contributed by atoms with Crippen LogP contribution in [0.1, 0.15) is 45.6 Å². The lowest BCUT2D eigenvalue weighted by Gasteiger charge is -2.31. The van der Waals surface area contributed by atoms with Crippen LogP contribution in [0, 0.1) is 5.92 Å². The van der Waals surface area contributed by atoms with Gasteiger partial charge in [-0.25, -0.2) is 8.42 Å². The van der Waals surface area contributed by atoms with E-state index in [9.17, 15) is 18.0 Å². The van der Waals surface area contributed by atoms with Gasteiger partial charge in [-0.3, -0.25) is 13.9 Å². The number of ether oxygens (including phenoxy) is 1. The Morgan fingerprint density at radius 2 is 1.74 bits per heavy atom. The maximum atomic E-state index is 13.5. The highest BCUT2D eigenvalue weighted by atomic mass is 35.5. The number of hydrogen-bond donors (Lipinski definition) is 1. The molecule has 0 aliphatic heterocycles. The quantitative estimate of drug-likeness (QED) is 0.289. The number of halogens is 3. The molecule has 12 heteroatoms. The zero-order valence-electron chi connectivity index (χ0n) is 22.8. The Morgan fingerprint density at radius 1 is 1.05 bits per heavy atom. The number of rotatable bonds is 14. The summed E-state index contributed by atoms with van der Waals surface area (Å²) >= 11 is 18.6. The van der Waals surface area contributed by atoms with Gasteiger partial charge in [0.15, 0.2) is 0 Å². The van der Waals surface area contributed by atoms with Gasteiger partial charge in [0.1, 0.15) is 11.8 Å². The van der Waals surface area contributed by atoms with E-state index >= 15 is 0 Å². The highest BCUT2D eigenvalue weighted by Gasteiger charge is 2.29. The number of nitrogens with one attached hydrogen (secondary N) is 1. The van der Waals surface area contributed by atoms with E-state index in [0.29, 0.717) is 40.0 Å². The lowest BCUT2D eigenvalue weighted by molar-refractivity contribution is -0.141. The van der Waals surface area contributed by atoms with Crippen molar-refractivity contribution in [2.24, 2.45) is 5.92 Å². The number of nitrogens with zero attached hydrogens (tertiary/aromatic N) is 2. The Bertz CT molecular complexity index is 1260. The van der Waals surface area contributed by atoms with Crippen LogP contribution in [-0.2, 0) is 26.2 Å². The second-order valence-electron chi connectivity index (χ2n) is 9.58. The average molecular weight is 621 g/mol. The standard InChI is InChI=1S/C27H36Cl3N3O5S/c1-6-24(27(35)31-16-18(2)3)32(17-19-9-10-20(28)14-22(19)29)26(34)8-7-13-33(39(5,36)37)21-11-12-25(38-4)23(30)15-21/h9-12,14-15,18,24H,6-8,13,16-17H2,1-5H3,(H,31,35)/t24-/m0/s1. The van der Waals surface area contributed by atoms with Crippen LogP contribution in [0.15, 0.2) is 36.4 Å². The predicted octanol–water partition coefficient (Wildman–Crippen LogP) is 5.78. The van der Waals surface area contributed by atoms with Gasteiger partial charge >= 0.3 is 0 Å². The Hall–Kier alpha value is -2.20. The predicted molar refractivity (Wildman–Crippen MR) is 158 cm³/mol. The normalized spacial score (nSPS) is 12.2. The molecule has 2 amide bonds. The second-order valence-corrected chi connectivity index (χ2v) is 12.7. The van der Waals surface area contributed by atoms with E-state index in [0.717, 1.165) is 6.26 Å². The summed E-state index contributed by atoms with van der Waals surface area (Å²) in [6.07, 6.45) is 1.70. The van der Waals surface area contributed by atoms with Gasteiger partial charge in [0, 0.05) is 36.1 Å². The van der Waals surface area contributed by atoms with Gasteiger partial charge in [-0.05, 0) is 54.7 Å². The maximum absolute atomic E-state index is 13.5. The zero-order chi connectivity index (χ0) is 29.3. The SMILES string of the molecule is CC[C@@H](C(=O)NCC(C)C)N(Cc1ccc(Cl)cc1Cl)C(=O)CCCN(c1ccc(OC)c(Cl)c1)S(C)(=O)=O. The molecule has 0 unspecified atom stereocenters. The molecule has 1 N–H and O–H groups in total. The number of carbonyl (C=O) groups excluding carboxylic acids is 2. The number of amides is 2. The molecule has 0 aliphatic rings. The summed E-state index contributed by atoms with van der Waals surface area (Å²) in [5.41, 5.74) is 1.01. The van der Waals surface area contributed by atoms with Crippen LogP contribution < -0.4 is 14.4 Å². The first kappa shape index (κ1) is 33.0. The van der Waals surface area contributed by atoms with Gasteiger partial charge in [-0.2, -0.15) is 0 Å². The highest BCUT2D eigenvalue weighted by Crippen LogP contribution is 2.30. The lowest BCUT2D eigenvalue weighted by atomic mass is 10.1. The number of methoxy groups -OCH3 is 1. The number of sulfonamides is 1. The zero-order valence-corrected chi connectivity index (χ0v) is 25.9. The van der Waals surface area contributed by atoms with Crippen molar-refractivity contribution in [1.29, 1.82) is 0 Å². The Labute approximate surface area is 246 Å². The minimum absolute atomic E-state index is 0.00900. The Morgan fingerprint density at radius 3 is 2.28 bits per heavy atom. The summed E-state index contributed by atoms with van der Waals surface area (Å²) in [7, 11) is -2.20. The molecule has 0 heterocycles. The van der Waals surface area contributed by atoms with E-state index in [1.54, 1.807) is 30.3 Å². The minimum atomic E-state index is -3.67. The molecule has 2 aromatic rings. The van der Waals surface area contributed by atoms with E-state index in [2.05, 4.69) is 5.32 Å². The van der Waals surface area contributed by atoms with Crippen LogP contribution in [0.5, 0.6) is 5.75 Å². The molecule has 0 radical (unpaired) electrons. The van der Waals surface area contributed by atoms with Crippen LogP contribution in [-0.4, -0.2) is 57.6 Å². The number of carbonyl (C=O) groups is 2. The fraction of sp³-hybridized carbons (Fsp3) is 0.481. The molecule has 0 saturated carbocycles. The van der Waals surface area contributed by atoms with Gasteiger partial charge in [0.05, 0.1) is 24.1 Å². The molecule has 0 aliphatic carbocycles. The molecule has 1 atom stereocenters. The smallest absolute Gasteiger partial charge is 0.242 e. The molecule has 0 saturated heterocycles. The molecule has 2 rings (SSSR count). The van der Waals surface area contributed by atoms with Crippen LogP contribution >= 0.6 is 34.8 Å². The molecule has 0 bridgehead atoms. The first-order chi connectivity index (χ1) is 18.3. The fourth-order valence-electron chi connectivity index (χ4n) is 3.99. The van der Waals surface area contributed by atoms with Gasteiger partial charge in [0.2, 0.25) is 21.8 Å². The first-order valence-corrected chi connectivity index (χ1v) is 15.6. The molecule has 8 nitrogen and oxygen atoms in total. The van der Waals surface area contributed by atoms with Crippen LogP contribution in [0.25, 0.3) is 0 Å². The van der Waals surface area contributed by atoms with Crippen molar-refractivity contribution in [2.75, 3.05) is 30.8 Å². The summed E-state index contributed by atoms with van der Waals surface area (Å²) in [6, 6.07) is 8.94. The second kappa shape index (κ2) is 15.0. The van der Waals surface area contributed by atoms with Crippen LogP contribution in [0.2, 0.25) is 15.1 Å². The van der Waals surface area contributed by atoms with Crippen LogP contribution in [0.4, 0.5) is 5.69 Å². The molecule has 2 aromatic carbocycles. The fourth-order valence-corrected chi connectivity index (χ4v) is 5.67. The van der Waals surface area contributed by atoms with Crippen molar-refractivity contribution in [3.8, 4) is 5.75 Å². The lowest BCUT2D eigenvalue weighted by Crippen LogP contribution is -2.49. The van der Waals surface area contributed by atoms with E-state index in [4.69, 9.17) is 39.5 Å². The van der Waals surface area contributed by atoms with E-state index in [-0.39, 0.29) is 48.7 Å². The molecule has 0 aromatic heterocycles. The molecule has 0 spiro atoms. The topological polar surface area (TPSA) is 96.0 Å². The monoisotopic (exact) mass is 619 g/mol. The van der Waals surface area contributed by atoms with Crippen molar-refractivity contribution in [3.63, 3.8) is 0 Å². The minimum Gasteiger partial charge on any atom is -0.495 e. The summed E-state index contributed by atoms with van der Waals surface area (Å²) in [5.74, 6) is 0.112. The summed E-state index contributed by atoms with van der Waals surface area (Å²) in [5, 5.41) is 4.03. The van der Waals surface area contributed by atoms with Crippen LogP contribution in [0.3, 0.4) is 0 Å².